The van der Waals surface area contributed by atoms with E-state index in [4.69, 9.17) is 4.74 Å². The number of carboxylic acids is 1. The van der Waals surface area contributed by atoms with Crippen LogP contribution in [0.25, 0.3) is 0 Å². The number of piperazine rings is 1. The van der Waals surface area contributed by atoms with Crippen LogP contribution in [0.2, 0.25) is 0 Å². The lowest BCUT2D eigenvalue weighted by molar-refractivity contribution is -0.157. The molecule has 0 amide bonds. The summed E-state index contributed by atoms with van der Waals surface area (Å²) in [6.45, 7) is 6.38. The summed E-state index contributed by atoms with van der Waals surface area (Å²) in [5, 5.41) is 9.35. The molecule has 1 saturated heterocycles. The second-order valence-corrected chi connectivity index (χ2v) is 13.1. The molecule has 210 valence electrons. The maximum atomic E-state index is 13.9. The fourth-order valence-corrected chi connectivity index (χ4v) is 7.40. The van der Waals surface area contributed by atoms with E-state index in [0.29, 0.717) is 61.7 Å². The zero-order valence-corrected chi connectivity index (χ0v) is 23.1. The average Bonchev–Trinajstić information content (AvgIpc) is 2.88. The van der Waals surface area contributed by atoms with E-state index < -0.39 is 27.8 Å². The average molecular weight is 553 g/mol. The van der Waals surface area contributed by atoms with Gasteiger partial charge in [-0.05, 0) is 88.1 Å². The Morgan fingerprint density at radius 1 is 1.05 bits per heavy atom. The number of carboxylic acid groups (broad SMARTS) is 1. The van der Waals surface area contributed by atoms with E-state index in [9.17, 15) is 27.1 Å². The third-order valence-corrected chi connectivity index (χ3v) is 10.0. The van der Waals surface area contributed by atoms with Gasteiger partial charge in [0.2, 0.25) is 10.0 Å². The van der Waals surface area contributed by atoms with E-state index >= 15 is 0 Å². The monoisotopic (exact) mass is 552 g/mol. The van der Waals surface area contributed by atoms with Crippen LogP contribution >= 0.6 is 0 Å². The molecule has 1 heterocycles. The molecule has 0 spiro atoms. The van der Waals surface area contributed by atoms with E-state index in [2.05, 4.69) is 4.90 Å². The van der Waals surface area contributed by atoms with Gasteiger partial charge in [-0.3, -0.25) is 4.90 Å². The molecule has 0 aromatic heterocycles. The molecule has 2 aliphatic carbocycles. The molecule has 1 aromatic carbocycles. The number of benzene rings is 1. The van der Waals surface area contributed by atoms with Gasteiger partial charge < -0.3 is 9.84 Å². The summed E-state index contributed by atoms with van der Waals surface area (Å²) in [7, 11) is -3.69. The van der Waals surface area contributed by atoms with Gasteiger partial charge in [-0.15, -0.1) is 0 Å². The van der Waals surface area contributed by atoms with Crippen molar-refractivity contribution < 1.29 is 31.8 Å². The van der Waals surface area contributed by atoms with Gasteiger partial charge in [0.1, 0.15) is 17.7 Å². The van der Waals surface area contributed by atoms with E-state index in [0.717, 1.165) is 18.4 Å². The number of aliphatic carboxylic acids is 1. The quantitative estimate of drug-likeness (QED) is 0.479. The van der Waals surface area contributed by atoms with Crippen molar-refractivity contribution in [2.45, 2.75) is 77.1 Å². The van der Waals surface area contributed by atoms with Crippen LogP contribution in [0.4, 0.5) is 8.78 Å². The number of allylic oxidation sites excluding steroid dienone is 4. The Hall–Kier alpha value is -2.30. The molecular weight excluding hydrogens is 514 g/mol. The number of carbonyl (C=O) groups is 1. The summed E-state index contributed by atoms with van der Waals surface area (Å²) in [6.07, 6.45) is 3.93. The Kier molecular flexibility index (Phi) is 8.64. The van der Waals surface area contributed by atoms with Crippen molar-refractivity contribution in [2.24, 2.45) is 5.92 Å². The largest absolute Gasteiger partial charge is 0.480 e. The van der Waals surface area contributed by atoms with Crippen LogP contribution in [-0.2, 0) is 19.6 Å². The molecule has 38 heavy (non-hydrogen) atoms. The van der Waals surface area contributed by atoms with E-state index in [1.807, 2.05) is 0 Å². The van der Waals surface area contributed by atoms with Gasteiger partial charge in [0, 0.05) is 38.6 Å². The number of halogens is 2. The fourth-order valence-electron chi connectivity index (χ4n) is 5.74. The lowest BCUT2D eigenvalue weighted by Gasteiger charge is -2.43. The Labute approximate surface area is 224 Å². The number of hydrogen-bond acceptors (Lipinski definition) is 5. The smallest absolute Gasteiger partial charge is 0.347 e. The maximum absolute atomic E-state index is 13.9. The predicted octanol–water partition coefficient (Wildman–Crippen LogP) is 5.17. The number of rotatable bonds is 8. The molecule has 10 heteroatoms. The minimum absolute atomic E-state index is 0.00988. The topological polar surface area (TPSA) is 87.1 Å². The molecule has 0 radical (unpaired) electrons. The van der Waals surface area contributed by atoms with Gasteiger partial charge in [-0.25, -0.2) is 22.0 Å². The normalized spacial score (nSPS) is 25.1. The van der Waals surface area contributed by atoms with Gasteiger partial charge in [-0.2, -0.15) is 4.31 Å². The van der Waals surface area contributed by atoms with Gasteiger partial charge in [-0.1, -0.05) is 12.1 Å². The molecule has 1 saturated carbocycles. The highest BCUT2D eigenvalue weighted by atomic mass is 32.2. The summed E-state index contributed by atoms with van der Waals surface area (Å²) >= 11 is 0. The Balaban J connectivity index is 1.47. The van der Waals surface area contributed by atoms with Crippen LogP contribution in [0.5, 0.6) is 0 Å². The molecule has 1 N–H and O–H groups in total. The van der Waals surface area contributed by atoms with Gasteiger partial charge in [0.25, 0.3) is 0 Å². The van der Waals surface area contributed by atoms with Crippen molar-refractivity contribution in [3.8, 4) is 0 Å². The van der Waals surface area contributed by atoms with Crippen LogP contribution in [0.1, 0.15) is 70.9 Å². The molecule has 1 atom stereocenters. The molecule has 1 unspecified atom stereocenters. The molecule has 0 bridgehead atoms. The minimum Gasteiger partial charge on any atom is -0.480 e. The number of alkyl halides is 1. The van der Waals surface area contributed by atoms with Crippen LogP contribution in [-0.4, -0.2) is 66.7 Å². The summed E-state index contributed by atoms with van der Waals surface area (Å²) < 4.78 is 61.7. The number of hydrogen-bond donors (Lipinski definition) is 1. The summed E-state index contributed by atoms with van der Waals surface area (Å²) in [4.78, 5) is 14.0. The molecule has 4 rings (SSSR count). The SMILES string of the molecule is CC1=C(OC(C)(C)C(=O)O)CCC(S(=O)(=O)N2CCN(C(c3ccc(F)cc3)C3CCC(F)CC3)CC2)=C1. The first-order valence-electron chi connectivity index (χ1n) is 13.3. The number of nitrogens with zero attached hydrogens (tertiary/aromatic N) is 2. The zero-order valence-electron chi connectivity index (χ0n) is 22.3. The summed E-state index contributed by atoms with van der Waals surface area (Å²) in [5.41, 5.74) is 0.196. The van der Waals surface area contributed by atoms with Gasteiger partial charge in [0.15, 0.2) is 5.60 Å². The van der Waals surface area contributed by atoms with Gasteiger partial charge in [0.05, 0.1) is 4.91 Å². The Morgan fingerprint density at radius 2 is 1.66 bits per heavy atom. The van der Waals surface area contributed by atoms with Crippen molar-refractivity contribution in [2.75, 3.05) is 26.2 Å². The molecular formula is C28H38F2N2O5S. The third-order valence-electron chi connectivity index (χ3n) is 8.01. The number of ether oxygens (including phenoxy) is 1. The molecule has 1 aromatic rings. The second kappa shape index (κ2) is 11.4. The third kappa shape index (κ3) is 6.29. The van der Waals surface area contributed by atoms with Crippen molar-refractivity contribution in [1.82, 2.24) is 9.21 Å². The summed E-state index contributed by atoms with van der Waals surface area (Å²) in [6, 6.07) is 6.47. The minimum atomic E-state index is -3.69. The van der Waals surface area contributed by atoms with E-state index in [1.165, 1.54) is 30.3 Å². The van der Waals surface area contributed by atoms with Crippen LogP contribution in [0.3, 0.4) is 0 Å². The first kappa shape index (κ1) is 28.7. The van der Waals surface area contributed by atoms with Crippen LogP contribution in [0, 0.1) is 11.7 Å². The fraction of sp³-hybridized carbons (Fsp3) is 0.607. The Morgan fingerprint density at radius 3 is 2.21 bits per heavy atom. The first-order chi connectivity index (χ1) is 17.9. The summed E-state index contributed by atoms with van der Waals surface area (Å²) in [5.74, 6) is -0.667. The van der Waals surface area contributed by atoms with Gasteiger partial charge >= 0.3 is 5.97 Å². The van der Waals surface area contributed by atoms with E-state index in [1.54, 1.807) is 25.1 Å². The Bertz CT molecular complexity index is 1180. The van der Waals surface area contributed by atoms with Crippen molar-refractivity contribution in [3.05, 3.63) is 58.0 Å². The molecule has 3 aliphatic rings. The first-order valence-corrected chi connectivity index (χ1v) is 14.8. The molecule has 7 nitrogen and oxygen atoms in total. The maximum Gasteiger partial charge on any atom is 0.347 e. The molecule has 1 aliphatic heterocycles. The van der Waals surface area contributed by atoms with E-state index in [-0.39, 0.29) is 24.2 Å². The van der Waals surface area contributed by atoms with Crippen molar-refractivity contribution >= 4 is 16.0 Å². The lowest BCUT2D eigenvalue weighted by atomic mass is 9.79. The van der Waals surface area contributed by atoms with Crippen LogP contribution in [0.15, 0.2) is 46.6 Å². The molecule has 2 fully saturated rings. The highest BCUT2D eigenvalue weighted by Gasteiger charge is 2.38. The van der Waals surface area contributed by atoms with Crippen LogP contribution < -0.4 is 0 Å². The lowest BCUT2D eigenvalue weighted by Crippen LogP contribution is -2.51. The standard InChI is InChI=1S/C28H38F2N2O5S/c1-19-18-24(12-13-25(19)37-28(2,3)27(33)34)38(35,36)32-16-14-31(15-17-32)26(20-4-8-22(29)9-5-20)21-6-10-23(30)11-7-21/h4-5,8-9,18,21,23,26H,6-7,10-17H2,1-3H3,(H,33,34). The van der Waals surface area contributed by atoms with Crippen molar-refractivity contribution in [3.63, 3.8) is 0 Å². The highest BCUT2D eigenvalue weighted by molar-refractivity contribution is 7.93. The van der Waals surface area contributed by atoms with Crippen molar-refractivity contribution in [1.29, 1.82) is 0 Å². The zero-order chi connectivity index (χ0) is 27.7. The highest BCUT2D eigenvalue weighted by Crippen LogP contribution is 2.40. The number of sulfonamides is 1. The second-order valence-electron chi connectivity index (χ2n) is 11.1. The predicted molar refractivity (Wildman–Crippen MR) is 141 cm³/mol.